The predicted octanol–water partition coefficient (Wildman–Crippen LogP) is -1.50. The minimum atomic E-state index is -3.52. The number of nitrogens with two attached hydrogens (primary N) is 1. The summed E-state index contributed by atoms with van der Waals surface area (Å²) in [6.45, 7) is 4.66. The topological polar surface area (TPSA) is 84.7 Å². The Labute approximate surface area is 84.6 Å². The van der Waals surface area contributed by atoms with Crippen LogP contribution in [-0.2, 0) is 14.9 Å². The minimum Gasteiger partial charge on any atom is -0.379 e. The maximum atomic E-state index is 10.5. The van der Waals surface area contributed by atoms with Gasteiger partial charge in [0, 0.05) is 19.6 Å². The second-order valence-electron chi connectivity index (χ2n) is 3.25. The molecule has 0 aromatic rings. The molecule has 1 aliphatic rings. The Morgan fingerprint density at radius 3 is 2.57 bits per heavy atom. The van der Waals surface area contributed by atoms with E-state index in [4.69, 9.17) is 9.88 Å². The van der Waals surface area contributed by atoms with Crippen molar-refractivity contribution < 1.29 is 13.2 Å². The van der Waals surface area contributed by atoms with Crippen molar-refractivity contribution in [3.05, 3.63) is 0 Å². The lowest BCUT2D eigenvalue weighted by atomic mass is 10.3. The highest BCUT2D eigenvalue weighted by Crippen LogP contribution is 1.97. The second-order valence-corrected chi connectivity index (χ2v) is 4.63. The fraction of sp³-hybridized carbons (Fsp3) is 1.00. The lowest BCUT2D eigenvalue weighted by Crippen LogP contribution is -2.38. The smallest absolute Gasteiger partial charge is 0.274 e. The van der Waals surface area contributed by atoms with Gasteiger partial charge in [-0.25, -0.2) is 9.86 Å². The first-order valence-electron chi connectivity index (χ1n) is 4.65. The van der Waals surface area contributed by atoms with Crippen LogP contribution >= 0.6 is 0 Å². The van der Waals surface area contributed by atoms with Gasteiger partial charge in [-0.1, -0.05) is 0 Å². The molecule has 1 fully saturated rings. The number of nitrogens with zero attached hydrogens (tertiary/aromatic N) is 1. The van der Waals surface area contributed by atoms with Gasteiger partial charge in [-0.05, 0) is 13.0 Å². The molecule has 0 unspecified atom stereocenters. The number of hydrogen-bond donors (Lipinski definition) is 2. The van der Waals surface area contributed by atoms with Crippen molar-refractivity contribution in [1.29, 1.82) is 0 Å². The van der Waals surface area contributed by atoms with Crippen LogP contribution in [0.15, 0.2) is 0 Å². The van der Waals surface area contributed by atoms with Gasteiger partial charge in [0.2, 0.25) is 0 Å². The number of nitrogens with one attached hydrogen (secondary N) is 1. The summed E-state index contributed by atoms with van der Waals surface area (Å²) in [6.07, 6.45) is 0.774. The van der Waals surface area contributed by atoms with Crippen LogP contribution in [0.5, 0.6) is 0 Å². The third-order valence-electron chi connectivity index (χ3n) is 2.06. The number of morpholine rings is 1. The summed E-state index contributed by atoms with van der Waals surface area (Å²) in [5, 5.41) is 4.78. The number of hydrogen-bond acceptors (Lipinski definition) is 4. The van der Waals surface area contributed by atoms with Gasteiger partial charge in [0.15, 0.2) is 0 Å². The Balaban J connectivity index is 2.03. The molecule has 0 aromatic carbocycles. The van der Waals surface area contributed by atoms with Crippen LogP contribution in [0.4, 0.5) is 0 Å². The van der Waals surface area contributed by atoms with E-state index in [1.807, 2.05) is 0 Å². The molecule has 1 rings (SSSR count). The molecule has 0 aromatic heterocycles. The normalized spacial score (nSPS) is 19.8. The molecule has 0 spiro atoms. The third-order valence-corrected chi connectivity index (χ3v) is 2.66. The molecule has 0 aliphatic carbocycles. The average molecular weight is 223 g/mol. The monoisotopic (exact) mass is 223 g/mol. The van der Waals surface area contributed by atoms with Crippen LogP contribution < -0.4 is 9.86 Å². The standard InChI is InChI=1S/C7H17N3O3S/c8-14(11,12)9-2-1-3-10-4-6-13-7-5-10/h9H,1-7H2,(H2,8,11,12). The quantitative estimate of drug-likeness (QED) is 0.556. The Bertz CT molecular complexity index is 249. The summed E-state index contributed by atoms with van der Waals surface area (Å²) in [5.74, 6) is 0. The highest BCUT2D eigenvalue weighted by molar-refractivity contribution is 7.87. The largest absolute Gasteiger partial charge is 0.379 e. The highest BCUT2D eigenvalue weighted by atomic mass is 32.2. The van der Waals surface area contributed by atoms with Crippen LogP contribution in [0, 0.1) is 0 Å². The van der Waals surface area contributed by atoms with Crippen molar-refractivity contribution in [2.75, 3.05) is 39.4 Å². The molecule has 1 aliphatic heterocycles. The molecule has 6 nitrogen and oxygen atoms in total. The van der Waals surface area contributed by atoms with Gasteiger partial charge in [0.25, 0.3) is 10.2 Å². The van der Waals surface area contributed by atoms with Crippen LogP contribution in [-0.4, -0.2) is 52.7 Å². The lowest BCUT2D eigenvalue weighted by molar-refractivity contribution is 0.0376. The maximum absolute atomic E-state index is 10.5. The van der Waals surface area contributed by atoms with Crippen LogP contribution in [0.1, 0.15) is 6.42 Å². The summed E-state index contributed by atoms with van der Waals surface area (Å²) in [5.41, 5.74) is 0. The molecule has 0 amide bonds. The average Bonchev–Trinajstić information content (AvgIpc) is 2.13. The van der Waals surface area contributed by atoms with Gasteiger partial charge >= 0.3 is 0 Å². The zero-order chi connectivity index (χ0) is 10.4. The zero-order valence-corrected chi connectivity index (χ0v) is 8.92. The van der Waals surface area contributed by atoms with Gasteiger partial charge < -0.3 is 4.74 Å². The first-order chi connectivity index (χ1) is 6.58. The van der Waals surface area contributed by atoms with Crippen molar-refractivity contribution >= 4 is 10.2 Å². The van der Waals surface area contributed by atoms with E-state index in [2.05, 4.69) is 9.62 Å². The molecular weight excluding hydrogens is 206 g/mol. The van der Waals surface area contributed by atoms with E-state index in [0.29, 0.717) is 6.54 Å². The van der Waals surface area contributed by atoms with Crippen molar-refractivity contribution in [1.82, 2.24) is 9.62 Å². The van der Waals surface area contributed by atoms with Crippen molar-refractivity contribution in [3.8, 4) is 0 Å². The molecule has 0 saturated carbocycles. The van der Waals surface area contributed by atoms with E-state index < -0.39 is 10.2 Å². The highest BCUT2D eigenvalue weighted by Gasteiger charge is 2.09. The van der Waals surface area contributed by atoms with Crippen LogP contribution in [0.3, 0.4) is 0 Å². The Morgan fingerprint density at radius 2 is 2.00 bits per heavy atom. The van der Waals surface area contributed by atoms with E-state index in [1.165, 1.54) is 0 Å². The first kappa shape index (κ1) is 11.9. The molecule has 7 heteroatoms. The molecule has 0 radical (unpaired) electrons. The molecule has 0 atom stereocenters. The van der Waals surface area contributed by atoms with E-state index >= 15 is 0 Å². The third kappa shape index (κ3) is 5.51. The van der Waals surface area contributed by atoms with Crippen molar-refractivity contribution in [2.45, 2.75) is 6.42 Å². The van der Waals surface area contributed by atoms with Gasteiger partial charge in [-0.15, -0.1) is 0 Å². The number of rotatable bonds is 5. The SMILES string of the molecule is NS(=O)(=O)NCCCN1CCOCC1. The Morgan fingerprint density at radius 1 is 1.36 bits per heavy atom. The summed E-state index contributed by atoms with van der Waals surface area (Å²) < 4.78 is 28.5. The van der Waals surface area contributed by atoms with E-state index in [1.54, 1.807) is 0 Å². The first-order valence-corrected chi connectivity index (χ1v) is 6.20. The Hall–Kier alpha value is -0.210. The zero-order valence-electron chi connectivity index (χ0n) is 8.11. The Kier molecular flexibility index (Phi) is 4.76. The summed E-state index contributed by atoms with van der Waals surface area (Å²) in [6, 6.07) is 0. The summed E-state index contributed by atoms with van der Waals surface area (Å²) in [7, 11) is -3.52. The molecule has 3 N–H and O–H groups in total. The van der Waals surface area contributed by atoms with Crippen LogP contribution in [0.25, 0.3) is 0 Å². The predicted molar refractivity (Wildman–Crippen MR) is 53.0 cm³/mol. The molecule has 0 bridgehead atoms. The molecular formula is C7H17N3O3S. The molecule has 1 heterocycles. The summed E-state index contributed by atoms with van der Waals surface area (Å²) >= 11 is 0. The second kappa shape index (κ2) is 5.62. The lowest BCUT2D eigenvalue weighted by Gasteiger charge is -2.26. The van der Waals surface area contributed by atoms with Gasteiger partial charge in [0.05, 0.1) is 13.2 Å². The fourth-order valence-corrected chi connectivity index (χ4v) is 1.77. The van der Waals surface area contributed by atoms with Gasteiger partial charge in [-0.3, -0.25) is 4.90 Å². The van der Waals surface area contributed by atoms with Crippen molar-refractivity contribution in [2.24, 2.45) is 5.14 Å². The van der Waals surface area contributed by atoms with E-state index in [-0.39, 0.29) is 0 Å². The fourth-order valence-electron chi connectivity index (χ4n) is 1.34. The molecule has 14 heavy (non-hydrogen) atoms. The van der Waals surface area contributed by atoms with Crippen molar-refractivity contribution in [3.63, 3.8) is 0 Å². The summed E-state index contributed by atoms with van der Waals surface area (Å²) in [4.78, 5) is 2.24. The maximum Gasteiger partial charge on any atom is 0.274 e. The van der Waals surface area contributed by atoms with E-state index in [9.17, 15) is 8.42 Å². The van der Waals surface area contributed by atoms with Gasteiger partial charge in [0.1, 0.15) is 0 Å². The van der Waals surface area contributed by atoms with Gasteiger partial charge in [-0.2, -0.15) is 8.42 Å². The van der Waals surface area contributed by atoms with E-state index in [0.717, 1.165) is 39.3 Å². The molecule has 1 saturated heterocycles. The molecule has 84 valence electrons. The number of ether oxygens (including phenoxy) is 1. The minimum absolute atomic E-state index is 0.399. The van der Waals surface area contributed by atoms with Crippen LogP contribution in [0.2, 0.25) is 0 Å².